The Morgan fingerprint density at radius 3 is 2.63 bits per heavy atom. The third-order valence-corrected chi connectivity index (χ3v) is 2.44. The van der Waals surface area contributed by atoms with Crippen molar-refractivity contribution >= 4 is 6.09 Å². The Morgan fingerprint density at radius 2 is 2.05 bits per heavy atom. The van der Waals surface area contributed by atoms with Crippen LogP contribution in [0.4, 0.5) is 4.79 Å². The summed E-state index contributed by atoms with van der Waals surface area (Å²) in [5.41, 5.74) is 0.641. The SMILES string of the molecule is COc1cccc(CC(C)NC(=O)OC(C)(C)C)c1. The number of nitrogens with one attached hydrogen (secondary N) is 1. The molecule has 1 N–H and O–H groups in total. The third kappa shape index (κ3) is 6.13. The lowest BCUT2D eigenvalue weighted by Crippen LogP contribution is -2.38. The number of amides is 1. The molecular formula is C15H23NO3. The molecule has 1 amide bonds. The monoisotopic (exact) mass is 265 g/mol. The maximum Gasteiger partial charge on any atom is 0.407 e. The van der Waals surface area contributed by atoms with E-state index < -0.39 is 5.60 Å². The lowest BCUT2D eigenvalue weighted by molar-refractivity contribution is 0.0508. The van der Waals surface area contributed by atoms with Gasteiger partial charge in [0.1, 0.15) is 11.4 Å². The summed E-state index contributed by atoms with van der Waals surface area (Å²) < 4.78 is 10.4. The predicted molar refractivity (Wildman–Crippen MR) is 75.5 cm³/mol. The predicted octanol–water partition coefficient (Wildman–Crippen LogP) is 3.15. The highest BCUT2D eigenvalue weighted by atomic mass is 16.6. The van der Waals surface area contributed by atoms with E-state index in [1.807, 2.05) is 52.0 Å². The van der Waals surface area contributed by atoms with Gasteiger partial charge >= 0.3 is 6.09 Å². The van der Waals surface area contributed by atoms with Gasteiger partial charge in [-0.3, -0.25) is 0 Å². The van der Waals surface area contributed by atoms with Crippen molar-refractivity contribution in [3.8, 4) is 5.75 Å². The minimum absolute atomic E-state index is 0.00181. The summed E-state index contributed by atoms with van der Waals surface area (Å²) in [5, 5.41) is 2.82. The highest BCUT2D eigenvalue weighted by Gasteiger charge is 2.17. The Balaban J connectivity index is 2.50. The van der Waals surface area contributed by atoms with E-state index in [0.29, 0.717) is 0 Å². The summed E-state index contributed by atoms with van der Waals surface area (Å²) in [4.78, 5) is 11.6. The van der Waals surface area contributed by atoms with E-state index in [4.69, 9.17) is 9.47 Å². The summed E-state index contributed by atoms with van der Waals surface area (Å²) in [6.45, 7) is 7.49. The second-order valence-corrected chi connectivity index (χ2v) is 5.60. The van der Waals surface area contributed by atoms with Gasteiger partial charge in [0.2, 0.25) is 0 Å². The highest BCUT2D eigenvalue weighted by molar-refractivity contribution is 5.68. The van der Waals surface area contributed by atoms with Gasteiger partial charge in [-0.15, -0.1) is 0 Å². The number of benzene rings is 1. The molecule has 1 unspecified atom stereocenters. The molecule has 0 aliphatic rings. The molecule has 0 fully saturated rings. The molecule has 0 heterocycles. The fourth-order valence-electron chi connectivity index (χ4n) is 1.71. The molecule has 0 aliphatic carbocycles. The molecule has 4 nitrogen and oxygen atoms in total. The smallest absolute Gasteiger partial charge is 0.407 e. The van der Waals surface area contributed by atoms with E-state index >= 15 is 0 Å². The second kappa shape index (κ2) is 6.45. The number of alkyl carbamates (subject to hydrolysis) is 1. The first-order valence-electron chi connectivity index (χ1n) is 6.42. The molecule has 0 spiro atoms. The van der Waals surface area contributed by atoms with Crippen LogP contribution in [0.2, 0.25) is 0 Å². The van der Waals surface area contributed by atoms with Gasteiger partial charge in [0.05, 0.1) is 7.11 Å². The van der Waals surface area contributed by atoms with Gasteiger partial charge in [0, 0.05) is 6.04 Å². The van der Waals surface area contributed by atoms with Crippen LogP contribution in [0.5, 0.6) is 5.75 Å². The van der Waals surface area contributed by atoms with E-state index in [1.165, 1.54) is 0 Å². The number of carbonyl (C=O) groups excluding carboxylic acids is 1. The molecule has 1 aromatic rings. The van der Waals surface area contributed by atoms with Crippen LogP contribution >= 0.6 is 0 Å². The van der Waals surface area contributed by atoms with Gasteiger partial charge in [-0.2, -0.15) is 0 Å². The molecule has 0 bridgehead atoms. The number of methoxy groups -OCH3 is 1. The summed E-state index contributed by atoms with van der Waals surface area (Å²) in [5.74, 6) is 0.821. The van der Waals surface area contributed by atoms with Gasteiger partial charge in [-0.05, 0) is 51.8 Å². The molecule has 19 heavy (non-hydrogen) atoms. The summed E-state index contributed by atoms with van der Waals surface area (Å²) in [6.07, 6.45) is 0.346. The highest BCUT2D eigenvalue weighted by Crippen LogP contribution is 2.14. The van der Waals surface area contributed by atoms with E-state index in [1.54, 1.807) is 7.11 Å². The maximum absolute atomic E-state index is 11.6. The Hall–Kier alpha value is -1.71. The molecule has 0 saturated heterocycles. The zero-order valence-electron chi connectivity index (χ0n) is 12.3. The number of carbonyl (C=O) groups is 1. The second-order valence-electron chi connectivity index (χ2n) is 5.60. The van der Waals surface area contributed by atoms with Crippen LogP contribution in [0.25, 0.3) is 0 Å². The van der Waals surface area contributed by atoms with Crippen molar-refractivity contribution in [2.75, 3.05) is 7.11 Å². The summed E-state index contributed by atoms with van der Waals surface area (Å²) >= 11 is 0. The van der Waals surface area contributed by atoms with Crippen LogP contribution in [0.15, 0.2) is 24.3 Å². The lowest BCUT2D eigenvalue weighted by atomic mass is 10.1. The van der Waals surface area contributed by atoms with Gasteiger partial charge in [0.15, 0.2) is 0 Å². The molecule has 1 aromatic carbocycles. The molecular weight excluding hydrogens is 242 g/mol. The minimum atomic E-state index is -0.472. The molecule has 1 rings (SSSR count). The van der Waals surface area contributed by atoms with E-state index in [-0.39, 0.29) is 12.1 Å². The van der Waals surface area contributed by atoms with Gasteiger partial charge in [0.25, 0.3) is 0 Å². The first-order chi connectivity index (χ1) is 8.80. The minimum Gasteiger partial charge on any atom is -0.497 e. The topological polar surface area (TPSA) is 47.6 Å². The van der Waals surface area contributed by atoms with Crippen molar-refractivity contribution < 1.29 is 14.3 Å². The zero-order valence-corrected chi connectivity index (χ0v) is 12.3. The first-order valence-corrected chi connectivity index (χ1v) is 6.42. The van der Waals surface area contributed by atoms with Crippen molar-refractivity contribution in [1.82, 2.24) is 5.32 Å². The normalized spacial score (nSPS) is 12.7. The molecule has 4 heteroatoms. The van der Waals surface area contributed by atoms with Crippen molar-refractivity contribution in [3.05, 3.63) is 29.8 Å². The maximum atomic E-state index is 11.6. The fourth-order valence-corrected chi connectivity index (χ4v) is 1.71. The van der Waals surface area contributed by atoms with Crippen molar-refractivity contribution in [3.63, 3.8) is 0 Å². The average Bonchev–Trinajstić information content (AvgIpc) is 2.26. The van der Waals surface area contributed by atoms with Crippen LogP contribution in [0, 0.1) is 0 Å². The van der Waals surface area contributed by atoms with Gasteiger partial charge in [-0.1, -0.05) is 12.1 Å². The van der Waals surface area contributed by atoms with Crippen LogP contribution in [0.3, 0.4) is 0 Å². The molecule has 1 atom stereocenters. The number of rotatable bonds is 4. The molecule has 0 saturated carbocycles. The Kier molecular flexibility index (Phi) is 5.21. The van der Waals surface area contributed by atoms with Crippen LogP contribution < -0.4 is 10.1 Å². The molecule has 0 aliphatic heterocycles. The van der Waals surface area contributed by atoms with Crippen molar-refractivity contribution in [1.29, 1.82) is 0 Å². The standard InChI is InChI=1S/C15H23NO3/c1-11(16-14(17)19-15(2,3)4)9-12-7-6-8-13(10-12)18-5/h6-8,10-11H,9H2,1-5H3,(H,16,17). The fraction of sp³-hybridized carbons (Fsp3) is 0.533. The first kappa shape index (κ1) is 15.3. The largest absolute Gasteiger partial charge is 0.497 e. The van der Waals surface area contributed by atoms with E-state index in [0.717, 1.165) is 17.7 Å². The van der Waals surface area contributed by atoms with Crippen LogP contribution in [0.1, 0.15) is 33.3 Å². The zero-order chi connectivity index (χ0) is 14.5. The van der Waals surface area contributed by atoms with Gasteiger partial charge < -0.3 is 14.8 Å². The molecule has 0 radical (unpaired) electrons. The molecule has 106 valence electrons. The van der Waals surface area contributed by atoms with Gasteiger partial charge in [-0.25, -0.2) is 4.79 Å². The summed E-state index contributed by atoms with van der Waals surface area (Å²) in [7, 11) is 1.64. The van der Waals surface area contributed by atoms with Crippen LogP contribution in [-0.2, 0) is 11.2 Å². The summed E-state index contributed by atoms with van der Waals surface area (Å²) in [6, 6.07) is 7.81. The number of hydrogen-bond acceptors (Lipinski definition) is 3. The van der Waals surface area contributed by atoms with E-state index in [2.05, 4.69) is 5.32 Å². The average molecular weight is 265 g/mol. The van der Waals surface area contributed by atoms with Crippen molar-refractivity contribution in [2.45, 2.75) is 45.8 Å². The lowest BCUT2D eigenvalue weighted by Gasteiger charge is -2.22. The van der Waals surface area contributed by atoms with Crippen molar-refractivity contribution in [2.24, 2.45) is 0 Å². The Bertz CT molecular complexity index is 424. The third-order valence-electron chi connectivity index (χ3n) is 2.44. The van der Waals surface area contributed by atoms with Crippen LogP contribution in [-0.4, -0.2) is 24.8 Å². The Morgan fingerprint density at radius 1 is 1.37 bits per heavy atom. The molecule has 0 aromatic heterocycles. The number of ether oxygens (including phenoxy) is 2. The number of hydrogen-bond donors (Lipinski definition) is 1. The van der Waals surface area contributed by atoms with E-state index in [9.17, 15) is 4.79 Å². The Labute approximate surface area is 115 Å². The quantitative estimate of drug-likeness (QED) is 0.909.